The van der Waals surface area contributed by atoms with Crippen LogP contribution >= 0.6 is 0 Å². The predicted molar refractivity (Wildman–Crippen MR) is 72.9 cm³/mol. The molecule has 106 valence electrons. The number of hydrogen-bond acceptors (Lipinski definition) is 5. The first-order chi connectivity index (χ1) is 9.20. The monoisotopic (exact) mass is 266 g/mol. The van der Waals surface area contributed by atoms with E-state index < -0.39 is 5.97 Å². The Morgan fingerprint density at radius 3 is 2.84 bits per heavy atom. The highest BCUT2D eigenvalue weighted by Gasteiger charge is 2.16. The minimum atomic E-state index is -0.446. The van der Waals surface area contributed by atoms with Crippen LogP contribution in [0.1, 0.15) is 36.7 Å². The van der Waals surface area contributed by atoms with Gasteiger partial charge >= 0.3 is 5.97 Å². The van der Waals surface area contributed by atoms with Gasteiger partial charge in [0, 0.05) is 12.7 Å². The van der Waals surface area contributed by atoms with Crippen molar-refractivity contribution in [3.8, 4) is 0 Å². The molecular formula is C13H22N4O2. The summed E-state index contributed by atoms with van der Waals surface area (Å²) in [6, 6.07) is 0. The molecule has 6 nitrogen and oxygen atoms in total. The molecule has 0 radical (unpaired) electrons. The Hall–Kier alpha value is -1.56. The fraction of sp³-hybridized carbons (Fsp3) is 0.692. The van der Waals surface area contributed by atoms with Gasteiger partial charge in [-0.25, -0.2) is 4.79 Å². The first-order valence-electron chi connectivity index (χ1n) is 6.93. The van der Waals surface area contributed by atoms with E-state index in [1.165, 1.54) is 25.9 Å². The van der Waals surface area contributed by atoms with Gasteiger partial charge in [-0.2, -0.15) is 5.10 Å². The van der Waals surface area contributed by atoms with Crippen LogP contribution in [-0.2, 0) is 11.3 Å². The van der Waals surface area contributed by atoms with E-state index in [1.54, 1.807) is 17.8 Å². The number of carbonyl (C=O) groups excluding carboxylic acids is 1. The second-order valence-corrected chi connectivity index (χ2v) is 4.82. The Bertz CT molecular complexity index is 424. The molecule has 0 atom stereocenters. The number of anilines is 1. The molecule has 0 amide bonds. The van der Waals surface area contributed by atoms with E-state index >= 15 is 0 Å². The SMILES string of the molecule is CCOC(=O)c1nn(CCCN2CCCC2)cc1N. The van der Waals surface area contributed by atoms with E-state index in [-0.39, 0.29) is 5.69 Å². The summed E-state index contributed by atoms with van der Waals surface area (Å²) in [5.74, 6) is -0.446. The maximum atomic E-state index is 11.6. The fourth-order valence-corrected chi connectivity index (χ4v) is 2.37. The number of hydrogen-bond donors (Lipinski definition) is 1. The number of aromatic nitrogens is 2. The minimum Gasteiger partial charge on any atom is -0.461 e. The number of carbonyl (C=O) groups is 1. The van der Waals surface area contributed by atoms with Gasteiger partial charge in [0.05, 0.1) is 12.3 Å². The Labute approximate surface area is 113 Å². The van der Waals surface area contributed by atoms with Crippen molar-refractivity contribution >= 4 is 11.7 Å². The van der Waals surface area contributed by atoms with Gasteiger partial charge in [-0.15, -0.1) is 0 Å². The van der Waals surface area contributed by atoms with Crippen molar-refractivity contribution in [1.82, 2.24) is 14.7 Å². The molecule has 2 rings (SSSR count). The smallest absolute Gasteiger partial charge is 0.361 e. The van der Waals surface area contributed by atoms with Crippen LogP contribution in [0.2, 0.25) is 0 Å². The molecule has 1 fully saturated rings. The third-order valence-electron chi connectivity index (χ3n) is 3.32. The molecule has 0 spiro atoms. The standard InChI is InChI=1S/C13H22N4O2/c1-2-19-13(18)12-11(14)10-17(15-12)9-5-8-16-6-3-4-7-16/h10H,2-9,14H2,1H3. The van der Waals surface area contributed by atoms with Gasteiger partial charge in [-0.1, -0.05) is 0 Å². The number of esters is 1. The lowest BCUT2D eigenvalue weighted by Gasteiger charge is -2.13. The molecule has 1 aliphatic heterocycles. The van der Waals surface area contributed by atoms with Crippen molar-refractivity contribution in [1.29, 1.82) is 0 Å². The summed E-state index contributed by atoms with van der Waals surface area (Å²) in [6.45, 7) is 6.36. The summed E-state index contributed by atoms with van der Waals surface area (Å²) < 4.78 is 6.64. The molecule has 1 aliphatic rings. The lowest BCUT2D eigenvalue weighted by Crippen LogP contribution is -2.21. The zero-order chi connectivity index (χ0) is 13.7. The second-order valence-electron chi connectivity index (χ2n) is 4.82. The van der Waals surface area contributed by atoms with Crippen LogP contribution in [0.3, 0.4) is 0 Å². The van der Waals surface area contributed by atoms with E-state index in [0.29, 0.717) is 12.3 Å². The summed E-state index contributed by atoms with van der Waals surface area (Å²) in [5, 5.41) is 4.19. The first-order valence-corrected chi connectivity index (χ1v) is 6.93. The highest BCUT2D eigenvalue weighted by molar-refractivity contribution is 5.92. The van der Waals surface area contributed by atoms with Crippen molar-refractivity contribution < 1.29 is 9.53 Å². The largest absolute Gasteiger partial charge is 0.461 e. The van der Waals surface area contributed by atoms with Gasteiger partial charge in [0.15, 0.2) is 5.69 Å². The van der Waals surface area contributed by atoms with Gasteiger partial charge in [0.2, 0.25) is 0 Å². The fourth-order valence-electron chi connectivity index (χ4n) is 2.37. The zero-order valence-corrected chi connectivity index (χ0v) is 11.5. The van der Waals surface area contributed by atoms with Crippen LogP contribution in [0.15, 0.2) is 6.20 Å². The zero-order valence-electron chi connectivity index (χ0n) is 11.5. The summed E-state index contributed by atoms with van der Waals surface area (Å²) in [7, 11) is 0. The average Bonchev–Trinajstić information content (AvgIpc) is 2.99. The number of aryl methyl sites for hydroxylation is 1. The molecule has 0 aromatic carbocycles. The van der Waals surface area contributed by atoms with Crippen LogP contribution in [0.4, 0.5) is 5.69 Å². The molecule has 19 heavy (non-hydrogen) atoms. The van der Waals surface area contributed by atoms with Gasteiger partial charge in [-0.3, -0.25) is 4.68 Å². The maximum Gasteiger partial charge on any atom is 0.361 e. The number of ether oxygens (including phenoxy) is 1. The van der Waals surface area contributed by atoms with Crippen LogP contribution in [0.25, 0.3) is 0 Å². The summed E-state index contributed by atoms with van der Waals surface area (Å²) in [5.41, 5.74) is 6.39. The summed E-state index contributed by atoms with van der Waals surface area (Å²) >= 11 is 0. The Morgan fingerprint density at radius 1 is 1.42 bits per heavy atom. The molecule has 0 aliphatic carbocycles. The Kier molecular flexibility index (Phi) is 4.79. The van der Waals surface area contributed by atoms with Gasteiger partial charge in [0.1, 0.15) is 0 Å². The van der Waals surface area contributed by atoms with Gasteiger partial charge in [0.25, 0.3) is 0 Å². The number of nitrogens with zero attached hydrogens (tertiary/aromatic N) is 3. The molecule has 2 heterocycles. The number of nitrogens with two attached hydrogens (primary N) is 1. The van der Waals surface area contributed by atoms with E-state index in [4.69, 9.17) is 10.5 Å². The molecule has 1 aromatic rings. The van der Waals surface area contributed by atoms with Crippen LogP contribution in [0, 0.1) is 0 Å². The average molecular weight is 266 g/mol. The molecule has 6 heteroatoms. The van der Waals surface area contributed by atoms with Crippen molar-refractivity contribution in [3.05, 3.63) is 11.9 Å². The molecule has 0 bridgehead atoms. The number of likely N-dealkylation sites (tertiary alicyclic amines) is 1. The number of nitrogen functional groups attached to an aromatic ring is 1. The third kappa shape index (κ3) is 3.70. The first kappa shape index (κ1) is 13.9. The van der Waals surface area contributed by atoms with E-state index in [9.17, 15) is 4.79 Å². The van der Waals surface area contributed by atoms with E-state index in [1.807, 2.05) is 0 Å². The molecule has 0 unspecified atom stereocenters. The highest BCUT2D eigenvalue weighted by Crippen LogP contribution is 2.12. The Morgan fingerprint density at radius 2 is 2.16 bits per heavy atom. The van der Waals surface area contributed by atoms with Crippen LogP contribution < -0.4 is 5.73 Å². The van der Waals surface area contributed by atoms with Crippen LogP contribution in [-0.4, -0.2) is 46.9 Å². The maximum absolute atomic E-state index is 11.6. The molecule has 2 N–H and O–H groups in total. The quantitative estimate of drug-likeness (QED) is 0.781. The highest BCUT2D eigenvalue weighted by atomic mass is 16.5. The van der Waals surface area contributed by atoms with E-state index in [2.05, 4.69) is 10.00 Å². The third-order valence-corrected chi connectivity index (χ3v) is 3.32. The van der Waals surface area contributed by atoms with Crippen molar-refractivity contribution in [2.45, 2.75) is 32.7 Å². The summed E-state index contributed by atoms with van der Waals surface area (Å²) in [4.78, 5) is 14.0. The van der Waals surface area contributed by atoms with Crippen molar-refractivity contribution in [3.63, 3.8) is 0 Å². The van der Waals surface area contributed by atoms with Crippen molar-refractivity contribution in [2.24, 2.45) is 0 Å². The lowest BCUT2D eigenvalue weighted by atomic mass is 10.4. The number of rotatable bonds is 6. The summed E-state index contributed by atoms with van der Waals surface area (Å²) in [6.07, 6.45) is 5.34. The molecular weight excluding hydrogens is 244 g/mol. The molecule has 1 aromatic heterocycles. The second kappa shape index (κ2) is 6.56. The molecule has 1 saturated heterocycles. The normalized spacial score (nSPS) is 15.8. The van der Waals surface area contributed by atoms with E-state index in [0.717, 1.165) is 19.5 Å². The van der Waals surface area contributed by atoms with Crippen molar-refractivity contribution in [2.75, 3.05) is 32.0 Å². The van der Waals surface area contributed by atoms with Gasteiger partial charge < -0.3 is 15.4 Å². The lowest BCUT2D eigenvalue weighted by molar-refractivity contribution is 0.0519. The Balaban J connectivity index is 1.83. The predicted octanol–water partition coefficient (Wildman–Crippen LogP) is 1.13. The van der Waals surface area contributed by atoms with Gasteiger partial charge in [-0.05, 0) is 45.8 Å². The molecule has 0 saturated carbocycles. The minimum absolute atomic E-state index is 0.225. The topological polar surface area (TPSA) is 73.4 Å². The van der Waals surface area contributed by atoms with Crippen LogP contribution in [0.5, 0.6) is 0 Å².